The number of alkyl carbamates (subject to hydrolysis) is 1. The number of carboxylic acid groups (broad SMARTS) is 1. The van der Waals surface area contributed by atoms with Crippen LogP contribution in [0.5, 0.6) is 0 Å². The molecule has 0 bridgehead atoms. The monoisotopic (exact) mass is 464 g/mol. The summed E-state index contributed by atoms with van der Waals surface area (Å²) in [7, 11) is 0. The second-order valence-electron chi connectivity index (χ2n) is 9.43. The predicted octanol–water partition coefficient (Wildman–Crippen LogP) is 4.17. The molecular formula is C27H32N2O5. The molecule has 0 saturated heterocycles. The molecule has 3 atom stereocenters. The fourth-order valence-corrected chi connectivity index (χ4v) is 4.75. The van der Waals surface area contributed by atoms with E-state index >= 15 is 0 Å². The number of benzene rings is 2. The molecule has 0 radical (unpaired) electrons. The summed E-state index contributed by atoms with van der Waals surface area (Å²) in [5, 5.41) is 14.5. The van der Waals surface area contributed by atoms with Crippen LogP contribution in [0.25, 0.3) is 11.1 Å². The van der Waals surface area contributed by atoms with Gasteiger partial charge in [-0.25, -0.2) is 4.79 Å². The van der Waals surface area contributed by atoms with E-state index in [1.165, 1.54) is 22.3 Å². The molecule has 3 N–H and O–H groups in total. The summed E-state index contributed by atoms with van der Waals surface area (Å²) in [5.74, 6) is -0.462. The van der Waals surface area contributed by atoms with E-state index in [9.17, 15) is 14.4 Å². The third-order valence-corrected chi connectivity index (χ3v) is 6.90. The van der Waals surface area contributed by atoms with Gasteiger partial charge in [0, 0.05) is 31.3 Å². The van der Waals surface area contributed by atoms with Gasteiger partial charge < -0.3 is 20.5 Å². The van der Waals surface area contributed by atoms with Crippen LogP contribution in [-0.4, -0.2) is 42.8 Å². The maximum Gasteiger partial charge on any atom is 0.407 e. The molecular weight excluding hydrogens is 432 g/mol. The van der Waals surface area contributed by atoms with E-state index in [4.69, 9.17) is 9.84 Å². The zero-order chi connectivity index (χ0) is 24.1. The highest BCUT2D eigenvalue weighted by Crippen LogP contribution is 2.44. The third-order valence-electron chi connectivity index (χ3n) is 6.90. The smallest absolute Gasteiger partial charge is 0.407 e. The van der Waals surface area contributed by atoms with E-state index in [1.54, 1.807) is 0 Å². The minimum Gasteiger partial charge on any atom is -0.481 e. The number of hydrogen-bond acceptors (Lipinski definition) is 4. The highest BCUT2D eigenvalue weighted by atomic mass is 16.5. The van der Waals surface area contributed by atoms with Gasteiger partial charge in [0.1, 0.15) is 6.61 Å². The summed E-state index contributed by atoms with van der Waals surface area (Å²) < 4.78 is 5.55. The van der Waals surface area contributed by atoms with Gasteiger partial charge in [0.2, 0.25) is 5.91 Å². The fourth-order valence-electron chi connectivity index (χ4n) is 4.75. The Labute approximate surface area is 199 Å². The number of amides is 2. The van der Waals surface area contributed by atoms with Crippen LogP contribution >= 0.6 is 0 Å². The largest absolute Gasteiger partial charge is 0.481 e. The molecule has 0 aromatic heterocycles. The van der Waals surface area contributed by atoms with Crippen LogP contribution in [0.4, 0.5) is 4.79 Å². The number of ether oxygens (including phenoxy) is 1. The van der Waals surface area contributed by atoms with Gasteiger partial charge >= 0.3 is 12.1 Å². The molecule has 2 aromatic rings. The summed E-state index contributed by atoms with van der Waals surface area (Å²) in [6, 6.07) is 16.4. The van der Waals surface area contributed by atoms with Crippen molar-refractivity contribution in [1.29, 1.82) is 0 Å². The second-order valence-corrected chi connectivity index (χ2v) is 9.43. The Hall–Kier alpha value is -3.35. The predicted molar refractivity (Wildman–Crippen MR) is 128 cm³/mol. The SMILES string of the molecule is CC(CCNC(=O)[C@H]1C[C@H]1CNC(=O)OCC1c2ccccc2-c2ccccc21)CCC(=O)O. The second kappa shape index (κ2) is 10.7. The number of aliphatic carboxylic acids is 1. The van der Waals surface area contributed by atoms with Gasteiger partial charge in [-0.1, -0.05) is 55.5 Å². The first-order chi connectivity index (χ1) is 16.4. The summed E-state index contributed by atoms with van der Waals surface area (Å²) in [5.41, 5.74) is 4.73. The van der Waals surface area contributed by atoms with Crippen molar-refractivity contribution in [3.8, 4) is 11.1 Å². The van der Waals surface area contributed by atoms with Crippen molar-refractivity contribution in [2.75, 3.05) is 19.7 Å². The molecule has 1 unspecified atom stereocenters. The standard InChI is InChI=1S/C27H32N2O5/c1-17(10-11-25(30)31)12-13-28-26(32)23-14-18(23)15-29-27(33)34-16-24-21-8-4-2-6-19(21)20-7-3-5-9-22(20)24/h2-9,17-18,23-24H,10-16H2,1H3,(H,28,32)(H,29,33)(H,30,31)/t17?,18-,23-/m0/s1. The molecule has 1 saturated carbocycles. The third kappa shape index (κ3) is 5.76. The first kappa shape index (κ1) is 23.8. The van der Waals surface area contributed by atoms with Crippen LogP contribution in [0.2, 0.25) is 0 Å². The van der Waals surface area contributed by atoms with Gasteiger partial charge in [0.25, 0.3) is 0 Å². The number of rotatable bonds is 11. The van der Waals surface area contributed by atoms with Crippen LogP contribution in [-0.2, 0) is 14.3 Å². The molecule has 7 heteroatoms. The van der Waals surface area contributed by atoms with Gasteiger partial charge in [-0.3, -0.25) is 9.59 Å². The fraction of sp³-hybridized carbons (Fsp3) is 0.444. The van der Waals surface area contributed by atoms with Gasteiger partial charge in [-0.2, -0.15) is 0 Å². The molecule has 0 aliphatic heterocycles. The van der Waals surface area contributed by atoms with Crippen molar-refractivity contribution in [3.05, 3.63) is 59.7 Å². The van der Waals surface area contributed by atoms with E-state index in [2.05, 4.69) is 34.9 Å². The van der Waals surface area contributed by atoms with Crippen molar-refractivity contribution in [1.82, 2.24) is 10.6 Å². The Bertz CT molecular complexity index is 1010. The van der Waals surface area contributed by atoms with E-state index in [0.717, 1.165) is 12.8 Å². The minimum absolute atomic E-state index is 0.00442. The van der Waals surface area contributed by atoms with Crippen LogP contribution < -0.4 is 10.6 Å². The van der Waals surface area contributed by atoms with Crippen molar-refractivity contribution >= 4 is 18.0 Å². The topological polar surface area (TPSA) is 105 Å². The number of carbonyl (C=O) groups excluding carboxylic acids is 2. The number of hydrogen-bond donors (Lipinski definition) is 3. The lowest BCUT2D eigenvalue weighted by Crippen LogP contribution is -2.31. The van der Waals surface area contributed by atoms with Gasteiger partial charge in [-0.15, -0.1) is 0 Å². The number of carbonyl (C=O) groups is 3. The summed E-state index contributed by atoms with van der Waals surface area (Å²) in [6.45, 7) is 3.23. The Morgan fingerprint density at radius 2 is 1.65 bits per heavy atom. The van der Waals surface area contributed by atoms with Crippen molar-refractivity contribution in [3.63, 3.8) is 0 Å². The van der Waals surface area contributed by atoms with E-state index < -0.39 is 12.1 Å². The maximum absolute atomic E-state index is 12.3. The summed E-state index contributed by atoms with van der Waals surface area (Å²) in [6.07, 6.45) is 1.82. The summed E-state index contributed by atoms with van der Waals surface area (Å²) >= 11 is 0. The van der Waals surface area contributed by atoms with Crippen molar-refractivity contribution in [2.45, 2.75) is 38.5 Å². The zero-order valence-electron chi connectivity index (χ0n) is 19.5. The first-order valence-electron chi connectivity index (χ1n) is 12.0. The van der Waals surface area contributed by atoms with E-state index in [-0.39, 0.29) is 42.6 Å². The number of carboxylic acids is 1. The Kier molecular flexibility index (Phi) is 7.50. The molecule has 7 nitrogen and oxygen atoms in total. The normalized spacial score (nSPS) is 19.0. The molecule has 1 fully saturated rings. The first-order valence-corrected chi connectivity index (χ1v) is 12.0. The number of fused-ring (bicyclic) bond motifs is 3. The molecule has 2 aromatic carbocycles. The van der Waals surface area contributed by atoms with Gasteiger partial charge in [-0.05, 0) is 53.4 Å². The molecule has 0 heterocycles. The molecule has 2 amide bonds. The zero-order valence-corrected chi connectivity index (χ0v) is 19.5. The molecule has 34 heavy (non-hydrogen) atoms. The van der Waals surface area contributed by atoms with Crippen LogP contribution in [0, 0.1) is 17.8 Å². The minimum atomic E-state index is -0.791. The van der Waals surface area contributed by atoms with Crippen LogP contribution in [0.3, 0.4) is 0 Å². The summed E-state index contributed by atoms with van der Waals surface area (Å²) in [4.78, 5) is 35.2. The maximum atomic E-state index is 12.3. The average molecular weight is 465 g/mol. The molecule has 180 valence electrons. The van der Waals surface area contributed by atoms with E-state index in [1.807, 2.05) is 31.2 Å². The molecule has 2 aliphatic rings. The van der Waals surface area contributed by atoms with E-state index in [0.29, 0.717) is 19.5 Å². The number of nitrogens with one attached hydrogen (secondary N) is 2. The Morgan fingerprint density at radius 3 is 2.29 bits per heavy atom. The lowest BCUT2D eigenvalue weighted by Gasteiger charge is -2.14. The van der Waals surface area contributed by atoms with Gasteiger partial charge in [0.15, 0.2) is 0 Å². The van der Waals surface area contributed by atoms with Crippen molar-refractivity contribution < 1.29 is 24.2 Å². The molecule has 2 aliphatic carbocycles. The lowest BCUT2D eigenvalue weighted by molar-refractivity contribution is -0.137. The molecule has 0 spiro atoms. The highest BCUT2D eigenvalue weighted by Gasteiger charge is 2.42. The Morgan fingerprint density at radius 1 is 1.00 bits per heavy atom. The quantitative estimate of drug-likeness (QED) is 0.463. The van der Waals surface area contributed by atoms with Crippen molar-refractivity contribution in [2.24, 2.45) is 17.8 Å². The Balaban J connectivity index is 1.16. The molecule has 4 rings (SSSR count). The highest BCUT2D eigenvalue weighted by molar-refractivity contribution is 5.82. The van der Waals surface area contributed by atoms with Crippen LogP contribution in [0.15, 0.2) is 48.5 Å². The van der Waals surface area contributed by atoms with Gasteiger partial charge in [0.05, 0.1) is 0 Å². The van der Waals surface area contributed by atoms with Crippen LogP contribution in [0.1, 0.15) is 49.7 Å². The average Bonchev–Trinajstić information content (AvgIpc) is 3.55. The lowest BCUT2D eigenvalue weighted by atomic mass is 9.98.